The zero-order valence-corrected chi connectivity index (χ0v) is 12.6. The van der Waals surface area contributed by atoms with Crippen molar-refractivity contribution < 1.29 is 9.59 Å². The van der Waals surface area contributed by atoms with E-state index in [9.17, 15) is 9.59 Å². The summed E-state index contributed by atoms with van der Waals surface area (Å²) in [6.45, 7) is 4.21. The average Bonchev–Trinajstić information content (AvgIpc) is 2.42. The number of carbonyl (C=O) groups is 2. The number of hydrogen-bond donors (Lipinski definition) is 2. The number of primary amides is 1. The summed E-state index contributed by atoms with van der Waals surface area (Å²) in [5.41, 5.74) is 13.2. The molecule has 0 radical (unpaired) electrons. The lowest BCUT2D eigenvalue weighted by Crippen LogP contribution is -2.51. The number of nitrogens with zero attached hydrogens (tertiary/aromatic N) is 1. The first-order valence-electron chi connectivity index (χ1n) is 7.22. The van der Waals surface area contributed by atoms with Gasteiger partial charge in [0.25, 0.3) is 0 Å². The topological polar surface area (TPSA) is 89.4 Å². The van der Waals surface area contributed by atoms with Crippen molar-refractivity contribution in [1.82, 2.24) is 4.90 Å². The van der Waals surface area contributed by atoms with E-state index in [0.717, 1.165) is 11.1 Å². The van der Waals surface area contributed by atoms with Gasteiger partial charge < -0.3 is 16.4 Å². The van der Waals surface area contributed by atoms with Crippen molar-refractivity contribution in [2.45, 2.75) is 51.2 Å². The van der Waals surface area contributed by atoms with Crippen molar-refractivity contribution in [2.75, 3.05) is 0 Å². The Kier molecular flexibility index (Phi) is 4.32. The van der Waals surface area contributed by atoms with Crippen LogP contribution in [0.15, 0.2) is 24.3 Å². The van der Waals surface area contributed by atoms with Gasteiger partial charge in [0.2, 0.25) is 11.8 Å². The van der Waals surface area contributed by atoms with E-state index in [2.05, 4.69) is 0 Å². The second-order valence-electron chi connectivity index (χ2n) is 6.40. The molecule has 1 aliphatic heterocycles. The molecule has 1 aliphatic rings. The zero-order chi connectivity index (χ0) is 15.6. The number of nitrogens with two attached hydrogens (primary N) is 2. The number of carbonyl (C=O) groups excluding carboxylic acids is 2. The van der Waals surface area contributed by atoms with Gasteiger partial charge in [0.1, 0.15) is 6.04 Å². The van der Waals surface area contributed by atoms with Crippen LogP contribution in [-0.4, -0.2) is 28.3 Å². The molecule has 4 N–H and O–H groups in total. The molecule has 1 aromatic rings. The fourth-order valence-corrected chi connectivity index (χ4v) is 2.61. The van der Waals surface area contributed by atoms with Crippen molar-refractivity contribution in [2.24, 2.45) is 11.5 Å². The molecule has 0 spiro atoms. The Morgan fingerprint density at radius 2 is 1.90 bits per heavy atom. The molecule has 0 saturated heterocycles. The largest absolute Gasteiger partial charge is 0.368 e. The van der Waals surface area contributed by atoms with Crippen molar-refractivity contribution in [3.8, 4) is 0 Å². The van der Waals surface area contributed by atoms with Crippen LogP contribution in [0, 0.1) is 0 Å². The summed E-state index contributed by atoms with van der Waals surface area (Å²) < 4.78 is 0. The molecular formula is C16H23N3O2. The highest BCUT2D eigenvalue weighted by atomic mass is 16.2. The van der Waals surface area contributed by atoms with E-state index in [1.54, 1.807) is 4.90 Å². The summed E-state index contributed by atoms with van der Waals surface area (Å²) >= 11 is 0. The maximum atomic E-state index is 12.4. The Morgan fingerprint density at radius 3 is 2.48 bits per heavy atom. The van der Waals surface area contributed by atoms with E-state index in [1.807, 2.05) is 38.1 Å². The van der Waals surface area contributed by atoms with Gasteiger partial charge in [0.15, 0.2) is 0 Å². The van der Waals surface area contributed by atoms with Crippen molar-refractivity contribution in [3.63, 3.8) is 0 Å². The number of benzene rings is 1. The lowest BCUT2D eigenvalue weighted by atomic mass is 9.92. The fraction of sp³-hybridized carbons (Fsp3) is 0.500. The summed E-state index contributed by atoms with van der Waals surface area (Å²) in [5, 5.41) is 0. The molecular weight excluding hydrogens is 266 g/mol. The van der Waals surface area contributed by atoms with E-state index < -0.39 is 17.5 Å². The summed E-state index contributed by atoms with van der Waals surface area (Å²) in [7, 11) is 0. The predicted molar refractivity (Wildman–Crippen MR) is 81.2 cm³/mol. The highest BCUT2D eigenvalue weighted by Gasteiger charge is 2.33. The number of amides is 2. The van der Waals surface area contributed by atoms with Crippen LogP contribution in [0.3, 0.4) is 0 Å². The molecule has 0 unspecified atom stereocenters. The Balaban J connectivity index is 2.17. The molecule has 0 aromatic heterocycles. The van der Waals surface area contributed by atoms with Gasteiger partial charge in [-0.15, -0.1) is 0 Å². The lowest BCUT2D eigenvalue weighted by molar-refractivity contribution is -0.140. The van der Waals surface area contributed by atoms with Crippen LogP contribution < -0.4 is 11.5 Å². The zero-order valence-electron chi connectivity index (χ0n) is 12.6. The minimum Gasteiger partial charge on any atom is -0.368 e. The first-order chi connectivity index (χ1) is 9.78. The van der Waals surface area contributed by atoms with E-state index in [4.69, 9.17) is 11.5 Å². The van der Waals surface area contributed by atoms with Gasteiger partial charge >= 0.3 is 0 Å². The van der Waals surface area contributed by atoms with Crippen LogP contribution in [0.25, 0.3) is 0 Å². The molecule has 1 heterocycles. The second kappa shape index (κ2) is 5.85. The molecule has 114 valence electrons. The van der Waals surface area contributed by atoms with Gasteiger partial charge in [0.05, 0.1) is 0 Å². The minimum absolute atomic E-state index is 0.0631. The van der Waals surface area contributed by atoms with Crippen molar-refractivity contribution >= 4 is 11.8 Å². The number of fused-ring (bicyclic) bond motifs is 1. The summed E-state index contributed by atoms with van der Waals surface area (Å²) in [5.74, 6) is -0.517. The van der Waals surface area contributed by atoms with Gasteiger partial charge in [-0.2, -0.15) is 0 Å². The third kappa shape index (κ3) is 3.82. The van der Waals surface area contributed by atoms with Crippen LogP contribution >= 0.6 is 0 Å². The molecule has 0 fully saturated rings. The maximum absolute atomic E-state index is 12.4. The normalized spacial score (nSPS) is 18.2. The average molecular weight is 289 g/mol. The summed E-state index contributed by atoms with van der Waals surface area (Å²) in [4.78, 5) is 25.7. The van der Waals surface area contributed by atoms with E-state index in [-0.39, 0.29) is 5.91 Å². The van der Waals surface area contributed by atoms with E-state index in [1.165, 1.54) is 0 Å². The highest BCUT2D eigenvalue weighted by Crippen LogP contribution is 2.24. The van der Waals surface area contributed by atoms with Crippen LogP contribution in [0.5, 0.6) is 0 Å². The molecule has 0 saturated carbocycles. The molecule has 1 aromatic carbocycles. The first-order valence-corrected chi connectivity index (χ1v) is 7.22. The third-order valence-corrected chi connectivity index (χ3v) is 3.88. The first kappa shape index (κ1) is 15.5. The Morgan fingerprint density at radius 1 is 1.29 bits per heavy atom. The Labute approximate surface area is 125 Å². The monoisotopic (exact) mass is 289 g/mol. The highest BCUT2D eigenvalue weighted by molar-refractivity contribution is 5.87. The standard InChI is InChI=1S/C16H23N3O2/c1-16(2,18)8-7-14(20)19-10-12-6-4-3-5-11(12)9-13(19)15(17)21/h3-6,13H,7-10,18H2,1-2H3,(H2,17,21)/t13-/m0/s1. The third-order valence-electron chi connectivity index (χ3n) is 3.88. The molecule has 2 rings (SSSR count). The number of hydrogen-bond acceptors (Lipinski definition) is 3. The van der Waals surface area contributed by atoms with Crippen LogP contribution in [0.4, 0.5) is 0 Å². The van der Waals surface area contributed by atoms with E-state index in [0.29, 0.717) is 25.8 Å². The molecule has 5 heteroatoms. The van der Waals surface area contributed by atoms with Crippen molar-refractivity contribution in [1.29, 1.82) is 0 Å². The quantitative estimate of drug-likeness (QED) is 0.864. The molecule has 1 atom stereocenters. The Bertz CT molecular complexity index is 549. The smallest absolute Gasteiger partial charge is 0.240 e. The molecule has 0 aliphatic carbocycles. The van der Waals surface area contributed by atoms with Gasteiger partial charge in [0, 0.05) is 24.9 Å². The number of rotatable bonds is 4. The molecule has 2 amide bonds. The Hall–Kier alpha value is -1.88. The SMILES string of the molecule is CC(C)(N)CCC(=O)N1Cc2ccccc2C[C@H]1C(N)=O. The van der Waals surface area contributed by atoms with E-state index >= 15 is 0 Å². The van der Waals surface area contributed by atoms with Gasteiger partial charge in [-0.3, -0.25) is 9.59 Å². The van der Waals surface area contributed by atoms with Crippen molar-refractivity contribution in [3.05, 3.63) is 35.4 Å². The summed E-state index contributed by atoms with van der Waals surface area (Å²) in [6, 6.07) is 7.28. The molecule has 5 nitrogen and oxygen atoms in total. The molecule has 21 heavy (non-hydrogen) atoms. The summed E-state index contributed by atoms with van der Waals surface area (Å²) in [6.07, 6.45) is 1.40. The molecule has 0 bridgehead atoms. The second-order valence-corrected chi connectivity index (χ2v) is 6.40. The van der Waals surface area contributed by atoms with Gasteiger partial charge in [-0.1, -0.05) is 24.3 Å². The van der Waals surface area contributed by atoms with Gasteiger partial charge in [-0.05, 0) is 31.4 Å². The maximum Gasteiger partial charge on any atom is 0.240 e. The fourth-order valence-electron chi connectivity index (χ4n) is 2.61. The van der Waals surface area contributed by atoms with Gasteiger partial charge in [-0.25, -0.2) is 0 Å². The lowest BCUT2D eigenvalue weighted by Gasteiger charge is -2.35. The van der Waals surface area contributed by atoms with Crippen LogP contribution in [0.1, 0.15) is 37.8 Å². The van der Waals surface area contributed by atoms with Crippen LogP contribution in [0.2, 0.25) is 0 Å². The van der Waals surface area contributed by atoms with Crippen LogP contribution in [-0.2, 0) is 22.6 Å². The minimum atomic E-state index is -0.562. The predicted octanol–water partition coefficient (Wildman–Crippen LogP) is 0.943.